The van der Waals surface area contributed by atoms with Crippen LogP contribution in [0, 0.1) is 0 Å². The summed E-state index contributed by atoms with van der Waals surface area (Å²) in [6.45, 7) is 1.91. The Balaban J connectivity index is 2.07. The first-order valence-electron chi connectivity index (χ1n) is 9.04. The standard InChI is InChI=1S/C22H20BrNO5S/c1-4-29-22(26)18-19(25)17(30-21(18)24-14-8-6-5-7-9-14)12-13-10-15(23)20(28-3)16(11-13)27-2/h5-12,25H,4H2,1-3H3. The Morgan fingerprint density at radius 2 is 1.93 bits per heavy atom. The van der Waals surface area contributed by atoms with Crippen LogP contribution in [0.4, 0.5) is 5.69 Å². The number of esters is 1. The molecule has 0 aliphatic carbocycles. The molecule has 1 aliphatic heterocycles. The predicted octanol–water partition coefficient (Wildman–Crippen LogP) is 5.66. The van der Waals surface area contributed by atoms with E-state index in [1.807, 2.05) is 36.4 Å². The quantitative estimate of drug-likeness (QED) is 0.527. The van der Waals surface area contributed by atoms with Gasteiger partial charge in [0.25, 0.3) is 0 Å². The van der Waals surface area contributed by atoms with Gasteiger partial charge in [-0.15, -0.1) is 0 Å². The van der Waals surface area contributed by atoms with E-state index in [-0.39, 0.29) is 17.9 Å². The molecule has 0 aromatic heterocycles. The van der Waals surface area contributed by atoms with Crippen molar-refractivity contribution < 1.29 is 24.1 Å². The van der Waals surface area contributed by atoms with Crippen molar-refractivity contribution in [3.63, 3.8) is 0 Å². The molecule has 3 rings (SSSR count). The summed E-state index contributed by atoms with van der Waals surface area (Å²) < 4.78 is 16.5. The second kappa shape index (κ2) is 9.86. The third kappa shape index (κ3) is 4.71. The van der Waals surface area contributed by atoms with Crippen LogP contribution in [-0.4, -0.2) is 36.9 Å². The molecule has 0 bridgehead atoms. The van der Waals surface area contributed by atoms with Gasteiger partial charge in [0, 0.05) is 0 Å². The lowest BCUT2D eigenvalue weighted by Crippen LogP contribution is -2.12. The molecule has 8 heteroatoms. The zero-order chi connectivity index (χ0) is 21.7. The number of rotatable bonds is 6. The maximum absolute atomic E-state index is 12.5. The number of hydrogen-bond acceptors (Lipinski definition) is 7. The van der Waals surface area contributed by atoms with Crippen molar-refractivity contribution >= 4 is 50.5 Å². The summed E-state index contributed by atoms with van der Waals surface area (Å²) >= 11 is 4.66. The Kier molecular flexibility index (Phi) is 7.23. The zero-order valence-corrected chi connectivity index (χ0v) is 19.0. The molecule has 0 saturated heterocycles. The van der Waals surface area contributed by atoms with Gasteiger partial charge in [0.2, 0.25) is 0 Å². The lowest BCUT2D eigenvalue weighted by molar-refractivity contribution is -0.138. The molecular weight excluding hydrogens is 470 g/mol. The number of ether oxygens (including phenoxy) is 3. The normalized spacial score (nSPS) is 16.3. The molecule has 0 spiro atoms. The van der Waals surface area contributed by atoms with Crippen molar-refractivity contribution in [2.45, 2.75) is 6.92 Å². The summed E-state index contributed by atoms with van der Waals surface area (Å²) in [5.74, 6) is 0.319. The van der Waals surface area contributed by atoms with Gasteiger partial charge in [0.15, 0.2) is 11.5 Å². The van der Waals surface area contributed by atoms with Gasteiger partial charge in [-0.3, -0.25) is 0 Å². The summed E-state index contributed by atoms with van der Waals surface area (Å²) in [7, 11) is 3.10. The minimum Gasteiger partial charge on any atom is -0.506 e. The zero-order valence-electron chi connectivity index (χ0n) is 16.6. The van der Waals surface area contributed by atoms with E-state index in [9.17, 15) is 9.90 Å². The van der Waals surface area contributed by atoms with Crippen molar-refractivity contribution in [2.24, 2.45) is 4.99 Å². The molecule has 0 saturated carbocycles. The molecular formula is C22H20BrNO5S. The molecule has 2 aromatic carbocycles. The van der Waals surface area contributed by atoms with Crippen LogP contribution in [0.25, 0.3) is 6.08 Å². The highest BCUT2D eigenvalue weighted by Gasteiger charge is 2.33. The first-order chi connectivity index (χ1) is 14.5. The third-order valence-corrected chi connectivity index (χ3v) is 5.72. The molecule has 30 heavy (non-hydrogen) atoms. The number of carbonyl (C=O) groups is 1. The number of methoxy groups -OCH3 is 2. The van der Waals surface area contributed by atoms with Gasteiger partial charge in [0.1, 0.15) is 16.4 Å². The lowest BCUT2D eigenvalue weighted by Gasteiger charge is -2.10. The lowest BCUT2D eigenvalue weighted by atomic mass is 10.1. The van der Waals surface area contributed by atoms with Crippen LogP contribution in [0.3, 0.4) is 0 Å². The fourth-order valence-electron chi connectivity index (χ4n) is 2.78. The van der Waals surface area contributed by atoms with Gasteiger partial charge in [-0.1, -0.05) is 30.0 Å². The van der Waals surface area contributed by atoms with E-state index in [1.54, 1.807) is 33.3 Å². The van der Waals surface area contributed by atoms with Crippen LogP contribution in [0.15, 0.2) is 68.2 Å². The number of aliphatic hydroxyl groups excluding tert-OH is 1. The minimum absolute atomic E-state index is 0.0523. The Bertz CT molecular complexity index is 1050. The molecule has 0 atom stereocenters. The number of nitrogens with zero attached hydrogens (tertiary/aromatic N) is 1. The average molecular weight is 490 g/mol. The summed E-state index contributed by atoms with van der Waals surface area (Å²) in [6.07, 6.45) is 1.75. The average Bonchev–Trinajstić information content (AvgIpc) is 3.03. The second-order valence-corrected chi connectivity index (χ2v) is 7.93. The van der Waals surface area contributed by atoms with Crippen molar-refractivity contribution in [3.8, 4) is 11.5 Å². The maximum atomic E-state index is 12.5. The Morgan fingerprint density at radius 1 is 1.20 bits per heavy atom. The number of thioether (sulfide) groups is 1. The smallest absolute Gasteiger partial charge is 0.344 e. The minimum atomic E-state index is -0.617. The Labute approximate surface area is 187 Å². The number of para-hydroxylation sites is 1. The highest BCUT2D eigenvalue weighted by Crippen LogP contribution is 2.42. The van der Waals surface area contributed by atoms with E-state index in [0.717, 1.165) is 5.56 Å². The Morgan fingerprint density at radius 3 is 2.57 bits per heavy atom. The molecule has 0 amide bonds. The molecule has 1 N–H and O–H groups in total. The van der Waals surface area contributed by atoms with Crippen molar-refractivity contribution in [3.05, 3.63) is 68.7 Å². The van der Waals surface area contributed by atoms with E-state index in [1.165, 1.54) is 11.8 Å². The molecule has 2 aromatic rings. The molecule has 0 radical (unpaired) electrons. The number of halogens is 1. The molecule has 0 fully saturated rings. The maximum Gasteiger partial charge on any atom is 0.344 e. The largest absolute Gasteiger partial charge is 0.506 e. The summed E-state index contributed by atoms with van der Waals surface area (Å²) in [6, 6.07) is 12.8. The Hall–Kier alpha value is -2.71. The summed E-state index contributed by atoms with van der Waals surface area (Å²) in [5, 5.41) is 11.2. The molecule has 0 unspecified atom stereocenters. The van der Waals surface area contributed by atoms with Gasteiger partial charge in [-0.05, 0) is 58.8 Å². The van der Waals surface area contributed by atoms with Crippen molar-refractivity contribution in [1.82, 2.24) is 0 Å². The fraction of sp³-hybridized carbons (Fsp3) is 0.182. The highest BCUT2D eigenvalue weighted by atomic mass is 79.9. The molecule has 156 valence electrons. The predicted molar refractivity (Wildman–Crippen MR) is 123 cm³/mol. The van der Waals surface area contributed by atoms with E-state index in [0.29, 0.717) is 31.6 Å². The van der Waals surface area contributed by atoms with Gasteiger partial charge in [0.05, 0.1) is 35.9 Å². The van der Waals surface area contributed by atoms with E-state index in [2.05, 4.69) is 20.9 Å². The van der Waals surface area contributed by atoms with Gasteiger partial charge < -0.3 is 19.3 Å². The van der Waals surface area contributed by atoms with Gasteiger partial charge in [-0.25, -0.2) is 9.79 Å². The summed E-state index contributed by atoms with van der Waals surface area (Å²) in [4.78, 5) is 17.5. The second-order valence-electron chi connectivity index (χ2n) is 6.05. The van der Waals surface area contributed by atoms with Crippen molar-refractivity contribution in [2.75, 3.05) is 20.8 Å². The number of hydrogen-bond donors (Lipinski definition) is 1. The van der Waals surface area contributed by atoms with Crippen LogP contribution >= 0.6 is 27.7 Å². The molecule has 1 heterocycles. The van der Waals surface area contributed by atoms with Gasteiger partial charge >= 0.3 is 5.97 Å². The first kappa shape index (κ1) is 22.0. The van der Waals surface area contributed by atoms with E-state index in [4.69, 9.17) is 14.2 Å². The van der Waals surface area contributed by atoms with Crippen LogP contribution < -0.4 is 9.47 Å². The van der Waals surface area contributed by atoms with Crippen LogP contribution in [-0.2, 0) is 9.53 Å². The summed E-state index contributed by atoms with van der Waals surface area (Å²) in [5.41, 5.74) is 1.47. The van der Waals surface area contributed by atoms with Crippen LogP contribution in [0.1, 0.15) is 12.5 Å². The SMILES string of the molecule is CCOC(=O)C1=C(O)C(=Cc2cc(Br)c(OC)c(OC)c2)SC1=Nc1ccccc1. The van der Waals surface area contributed by atoms with Gasteiger partial charge in [-0.2, -0.15) is 0 Å². The molecule has 6 nitrogen and oxygen atoms in total. The highest BCUT2D eigenvalue weighted by molar-refractivity contribution is 9.10. The van der Waals surface area contributed by atoms with Crippen molar-refractivity contribution in [1.29, 1.82) is 0 Å². The number of carbonyl (C=O) groups excluding carboxylic acids is 1. The van der Waals surface area contributed by atoms with Crippen LogP contribution in [0.5, 0.6) is 11.5 Å². The fourth-order valence-corrected chi connectivity index (χ4v) is 4.44. The number of aliphatic imine (C=N–C) groups is 1. The van der Waals surface area contributed by atoms with E-state index >= 15 is 0 Å². The topological polar surface area (TPSA) is 77.4 Å². The monoisotopic (exact) mass is 489 g/mol. The first-order valence-corrected chi connectivity index (χ1v) is 10.6. The van der Waals surface area contributed by atoms with Crippen LogP contribution in [0.2, 0.25) is 0 Å². The third-order valence-electron chi connectivity index (χ3n) is 4.11. The van der Waals surface area contributed by atoms with E-state index < -0.39 is 5.97 Å². The number of benzene rings is 2. The number of aliphatic hydroxyl groups is 1. The molecule has 1 aliphatic rings.